The first-order valence-electron chi connectivity index (χ1n) is 13.6. The zero-order valence-electron chi connectivity index (χ0n) is 20.9. The Morgan fingerprint density at radius 3 is 2.55 bits per heavy atom. The van der Waals surface area contributed by atoms with E-state index in [1.54, 1.807) is 0 Å². The molecule has 2 aliphatic heterocycles. The lowest BCUT2D eigenvalue weighted by Crippen LogP contribution is -2.44. The van der Waals surface area contributed by atoms with E-state index in [0.717, 1.165) is 43.2 Å². The summed E-state index contributed by atoms with van der Waals surface area (Å²) in [6, 6.07) is 9.02. The Kier molecular flexibility index (Phi) is 6.48. The molecule has 4 nitrogen and oxygen atoms in total. The molecule has 0 bridgehead atoms. The second kappa shape index (κ2) is 9.09. The van der Waals surface area contributed by atoms with Gasteiger partial charge in [0, 0.05) is 36.7 Å². The van der Waals surface area contributed by atoms with Crippen molar-refractivity contribution >= 4 is 6.29 Å². The summed E-state index contributed by atoms with van der Waals surface area (Å²) in [6.45, 7) is 8.74. The molecule has 0 radical (unpaired) electrons. The number of nitrogens with zero attached hydrogens (tertiary/aromatic N) is 1. The number of benzene rings is 1. The van der Waals surface area contributed by atoms with Gasteiger partial charge < -0.3 is 10.4 Å². The van der Waals surface area contributed by atoms with Crippen LogP contribution in [0.4, 0.5) is 0 Å². The number of hydrogen-bond donors (Lipinski definition) is 2. The molecule has 2 heterocycles. The summed E-state index contributed by atoms with van der Waals surface area (Å²) in [4.78, 5) is 13.3. The molecule has 0 amide bonds. The van der Waals surface area contributed by atoms with Gasteiger partial charge >= 0.3 is 0 Å². The molecule has 4 heteroatoms. The SMILES string of the molecule is CC(C)CC[C@@H]1C[C@H](NC[C@@H]2C[C@@H]([C@H](C)c3ccc(C=O)cc3)N3C[C@@]23O)C2(CCCC2)C1. The first-order chi connectivity index (χ1) is 15.8. The van der Waals surface area contributed by atoms with Crippen molar-refractivity contribution in [3.63, 3.8) is 0 Å². The average Bonchev–Trinajstić information content (AvgIpc) is 3.12. The van der Waals surface area contributed by atoms with E-state index in [0.29, 0.717) is 29.3 Å². The molecule has 4 fully saturated rings. The number of carbonyl (C=O) groups is 1. The number of carbonyl (C=O) groups excluding carboxylic acids is 1. The second-order valence-electron chi connectivity index (χ2n) is 12.4. The lowest BCUT2D eigenvalue weighted by atomic mass is 9.79. The highest BCUT2D eigenvalue weighted by Gasteiger charge is 2.65. The van der Waals surface area contributed by atoms with Gasteiger partial charge in [0.1, 0.15) is 12.0 Å². The zero-order chi connectivity index (χ0) is 23.2. The number of nitrogens with one attached hydrogen (secondary N) is 1. The summed E-state index contributed by atoms with van der Waals surface area (Å²) < 4.78 is 0. The molecular weight excluding hydrogens is 408 g/mol. The van der Waals surface area contributed by atoms with Gasteiger partial charge in [-0.3, -0.25) is 9.69 Å². The Hall–Kier alpha value is -1.23. The molecule has 33 heavy (non-hydrogen) atoms. The summed E-state index contributed by atoms with van der Waals surface area (Å²) in [6.07, 6.45) is 13.1. The van der Waals surface area contributed by atoms with Crippen molar-refractivity contribution in [2.75, 3.05) is 13.1 Å². The molecular formula is C29H44N2O2. The summed E-state index contributed by atoms with van der Waals surface area (Å²) in [5.74, 6) is 2.36. The van der Waals surface area contributed by atoms with E-state index in [2.05, 4.69) is 43.1 Å². The Bertz CT molecular complexity index is 831. The van der Waals surface area contributed by atoms with Gasteiger partial charge in [0.2, 0.25) is 0 Å². The quantitative estimate of drug-likeness (QED) is 0.391. The summed E-state index contributed by atoms with van der Waals surface area (Å²) in [5.41, 5.74) is 1.92. The van der Waals surface area contributed by atoms with Gasteiger partial charge in [0.05, 0.1) is 0 Å². The molecule has 1 aromatic carbocycles. The van der Waals surface area contributed by atoms with E-state index in [-0.39, 0.29) is 0 Å². The number of hydrogen-bond acceptors (Lipinski definition) is 4. The van der Waals surface area contributed by atoms with Crippen LogP contribution < -0.4 is 5.32 Å². The van der Waals surface area contributed by atoms with Gasteiger partial charge in [-0.15, -0.1) is 0 Å². The lowest BCUT2D eigenvalue weighted by Gasteiger charge is -2.33. The predicted molar refractivity (Wildman–Crippen MR) is 133 cm³/mol. The monoisotopic (exact) mass is 452 g/mol. The van der Waals surface area contributed by atoms with E-state index in [1.807, 2.05) is 12.1 Å². The fourth-order valence-corrected chi connectivity index (χ4v) is 7.80. The predicted octanol–water partition coefficient (Wildman–Crippen LogP) is 5.36. The molecule has 2 aliphatic carbocycles. The van der Waals surface area contributed by atoms with Gasteiger partial charge in [0.15, 0.2) is 0 Å². The maximum absolute atomic E-state index is 11.3. The van der Waals surface area contributed by atoms with Crippen LogP contribution in [0.1, 0.15) is 100 Å². The fraction of sp³-hybridized carbons (Fsp3) is 0.759. The molecule has 4 aliphatic rings. The third-order valence-electron chi connectivity index (χ3n) is 9.92. The lowest BCUT2D eigenvalue weighted by molar-refractivity contribution is 0.0582. The van der Waals surface area contributed by atoms with Crippen molar-refractivity contribution in [1.29, 1.82) is 0 Å². The first kappa shape index (κ1) is 23.5. The van der Waals surface area contributed by atoms with E-state index in [1.165, 1.54) is 56.9 Å². The van der Waals surface area contributed by atoms with Crippen molar-refractivity contribution in [1.82, 2.24) is 10.2 Å². The summed E-state index contributed by atoms with van der Waals surface area (Å²) in [5, 5.41) is 15.4. The van der Waals surface area contributed by atoms with Crippen LogP contribution in [0.25, 0.3) is 0 Å². The van der Waals surface area contributed by atoms with Gasteiger partial charge in [-0.05, 0) is 60.8 Å². The minimum Gasteiger partial charge on any atom is -0.374 e. The molecule has 2 saturated carbocycles. The smallest absolute Gasteiger partial charge is 0.150 e. The molecule has 1 spiro atoms. The highest BCUT2D eigenvalue weighted by atomic mass is 16.3. The number of piperidine rings is 1. The topological polar surface area (TPSA) is 52.3 Å². The highest BCUT2D eigenvalue weighted by molar-refractivity contribution is 5.74. The third-order valence-corrected chi connectivity index (χ3v) is 9.92. The number of fused-ring (bicyclic) bond motifs is 1. The van der Waals surface area contributed by atoms with Gasteiger partial charge in [0.25, 0.3) is 0 Å². The number of aldehydes is 1. The van der Waals surface area contributed by atoms with Crippen LogP contribution in [0.3, 0.4) is 0 Å². The van der Waals surface area contributed by atoms with Crippen LogP contribution in [-0.4, -0.2) is 47.2 Å². The summed E-state index contributed by atoms with van der Waals surface area (Å²) in [7, 11) is 0. The van der Waals surface area contributed by atoms with E-state index in [9.17, 15) is 9.90 Å². The minimum atomic E-state index is -0.604. The standard InChI is InChI=1S/C29H44N2O2/c1-20(2)6-7-23-14-27(28(16-23)12-4-5-13-28)30-17-25-15-26(31-19-29(25,31)33)21(3)24-10-8-22(18-32)9-11-24/h8-11,18,20-21,23,25-27,30,33H,4-7,12-17,19H2,1-3H3/t21-,23-,25+,26+,27+,29-,31?/m1/s1. The van der Waals surface area contributed by atoms with Crippen LogP contribution in [0.15, 0.2) is 24.3 Å². The van der Waals surface area contributed by atoms with Gasteiger partial charge in [-0.1, -0.05) is 70.7 Å². The number of rotatable bonds is 9. The van der Waals surface area contributed by atoms with Crippen LogP contribution in [0.2, 0.25) is 0 Å². The molecule has 7 atom stereocenters. The Balaban J connectivity index is 1.21. The maximum Gasteiger partial charge on any atom is 0.150 e. The minimum absolute atomic E-state index is 0.312. The van der Waals surface area contributed by atoms with Gasteiger partial charge in [-0.25, -0.2) is 0 Å². The third kappa shape index (κ3) is 4.44. The van der Waals surface area contributed by atoms with Crippen LogP contribution in [0.5, 0.6) is 0 Å². The maximum atomic E-state index is 11.3. The highest BCUT2D eigenvalue weighted by Crippen LogP contribution is 2.55. The normalized spacial score (nSPS) is 37.5. The van der Waals surface area contributed by atoms with Crippen LogP contribution in [0, 0.1) is 23.2 Å². The van der Waals surface area contributed by atoms with E-state index < -0.39 is 5.72 Å². The zero-order valence-corrected chi connectivity index (χ0v) is 20.9. The second-order valence-corrected chi connectivity index (χ2v) is 12.4. The summed E-state index contributed by atoms with van der Waals surface area (Å²) >= 11 is 0. The molecule has 182 valence electrons. The molecule has 0 aromatic heterocycles. The van der Waals surface area contributed by atoms with Crippen molar-refractivity contribution in [2.45, 2.75) is 102 Å². The molecule has 5 rings (SSSR count). The Morgan fingerprint density at radius 1 is 1.15 bits per heavy atom. The Labute approximate surface area is 200 Å². The van der Waals surface area contributed by atoms with Crippen molar-refractivity contribution in [3.05, 3.63) is 35.4 Å². The molecule has 2 N–H and O–H groups in total. The van der Waals surface area contributed by atoms with Crippen molar-refractivity contribution in [2.24, 2.45) is 23.2 Å². The largest absolute Gasteiger partial charge is 0.374 e. The van der Waals surface area contributed by atoms with E-state index in [4.69, 9.17) is 0 Å². The van der Waals surface area contributed by atoms with E-state index >= 15 is 0 Å². The Morgan fingerprint density at radius 2 is 1.88 bits per heavy atom. The van der Waals surface area contributed by atoms with Gasteiger partial charge in [-0.2, -0.15) is 0 Å². The average molecular weight is 453 g/mol. The first-order valence-corrected chi connectivity index (χ1v) is 13.6. The van der Waals surface area contributed by atoms with Crippen molar-refractivity contribution < 1.29 is 9.90 Å². The van der Waals surface area contributed by atoms with Crippen LogP contribution in [-0.2, 0) is 0 Å². The molecule has 1 aromatic rings. The fourth-order valence-electron chi connectivity index (χ4n) is 7.80. The van der Waals surface area contributed by atoms with Crippen LogP contribution >= 0.6 is 0 Å². The number of aliphatic hydroxyl groups is 1. The molecule has 1 unspecified atom stereocenters. The van der Waals surface area contributed by atoms with Crippen molar-refractivity contribution in [3.8, 4) is 0 Å². The molecule has 2 saturated heterocycles.